The van der Waals surface area contributed by atoms with E-state index >= 15 is 0 Å². The zero-order chi connectivity index (χ0) is 32.5. The third-order valence-electron chi connectivity index (χ3n) is 9.50. The van der Waals surface area contributed by atoms with Gasteiger partial charge in [-0.1, -0.05) is 145 Å². The highest BCUT2D eigenvalue weighted by molar-refractivity contribution is 6.22. The van der Waals surface area contributed by atoms with Crippen LogP contribution in [0, 0.1) is 6.92 Å². The summed E-state index contributed by atoms with van der Waals surface area (Å²) in [6.45, 7) is 2.14. The van der Waals surface area contributed by atoms with Gasteiger partial charge in [-0.05, 0) is 24.4 Å². The molecule has 0 radical (unpaired) electrons. The van der Waals surface area contributed by atoms with Gasteiger partial charge in [-0.15, -0.1) is 0 Å². The van der Waals surface area contributed by atoms with Gasteiger partial charge in [0, 0.05) is 49.2 Å². The van der Waals surface area contributed by atoms with Crippen LogP contribution < -0.4 is 0 Å². The fraction of sp³-hybridized carbons (Fsp3) is 0.0227. The van der Waals surface area contributed by atoms with Gasteiger partial charge in [0.15, 0.2) is 11.6 Å². The van der Waals surface area contributed by atoms with Crippen LogP contribution in [0.4, 0.5) is 0 Å². The van der Waals surface area contributed by atoms with Crippen molar-refractivity contribution in [1.29, 1.82) is 0 Å². The molecule has 5 nitrogen and oxygen atoms in total. The predicted octanol–water partition coefficient (Wildman–Crippen LogP) is 11.3. The summed E-state index contributed by atoms with van der Waals surface area (Å²) in [5.74, 6) is 1.80. The van der Waals surface area contributed by atoms with Gasteiger partial charge >= 0.3 is 0 Å². The van der Waals surface area contributed by atoms with Gasteiger partial charge in [0.2, 0.25) is 5.95 Å². The highest BCUT2D eigenvalue weighted by Gasteiger charge is 2.23. The van der Waals surface area contributed by atoms with Gasteiger partial charge in [0.1, 0.15) is 11.2 Å². The zero-order valence-corrected chi connectivity index (χ0v) is 26.6. The van der Waals surface area contributed by atoms with E-state index in [1.807, 2.05) is 72.8 Å². The van der Waals surface area contributed by atoms with Crippen molar-refractivity contribution in [1.82, 2.24) is 19.5 Å². The van der Waals surface area contributed by atoms with E-state index in [1.165, 1.54) is 5.56 Å². The number of para-hydroxylation sites is 3. The minimum Gasteiger partial charge on any atom is -0.455 e. The van der Waals surface area contributed by atoms with E-state index in [9.17, 15) is 0 Å². The first-order valence-electron chi connectivity index (χ1n) is 16.5. The van der Waals surface area contributed by atoms with E-state index in [0.717, 1.165) is 76.8 Å². The molecule has 230 valence electrons. The molecule has 10 aromatic rings. The molecule has 0 saturated carbocycles. The first-order chi connectivity index (χ1) is 24.2. The first-order valence-corrected chi connectivity index (χ1v) is 16.5. The second-order valence-electron chi connectivity index (χ2n) is 12.5. The lowest BCUT2D eigenvalue weighted by molar-refractivity contribution is 0.670. The van der Waals surface area contributed by atoms with Crippen molar-refractivity contribution in [2.75, 3.05) is 0 Å². The molecule has 10 rings (SSSR count). The van der Waals surface area contributed by atoms with Crippen molar-refractivity contribution < 1.29 is 4.42 Å². The van der Waals surface area contributed by atoms with Crippen molar-refractivity contribution in [3.8, 4) is 39.9 Å². The number of hydrogen-bond acceptors (Lipinski definition) is 4. The molecule has 0 unspecified atom stereocenters. The van der Waals surface area contributed by atoms with E-state index in [-0.39, 0.29) is 0 Å². The number of fused-ring (bicyclic) bond motifs is 8. The average molecular weight is 629 g/mol. The fourth-order valence-corrected chi connectivity index (χ4v) is 7.26. The fourth-order valence-electron chi connectivity index (χ4n) is 7.26. The van der Waals surface area contributed by atoms with Gasteiger partial charge in [0.05, 0.1) is 11.0 Å². The van der Waals surface area contributed by atoms with Gasteiger partial charge in [-0.2, -0.15) is 9.97 Å². The zero-order valence-electron chi connectivity index (χ0n) is 26.6. The molecule has 0 N–H and O–H groups in total. The van der Waals surface area contributed by atoms with Gasteiger partial charge in [-0.3, -0.25) is 4.57 Å². The van der Waals surface area contributed by atoms with Crippen LogP contribution in [0.2, 0.25) is 0 Å². The maximum atomic E-state index is 6.60. The lowest BCUT2D eigenvalue weighted by Gasteiger charge is -2.14. The molecular formula is C44H28N4O. The summed E-state index contributed by atoms with van der Waals surface area (Å²) in [4.78, 5) is 15.5. The molecule has 3 aromatic heterocycles. The lowest BCUT2D eigenvalue weighted by Crippen LogP contribution is -2.07. The molecule has 0 aliphatic carbocycles. The van der Waals surface area contributed by atoms with Crippen molar-refractivity contribution >= 4 is 54.5 Å². The quantitative estimate of drug-likeness (QED) is 0.195. The monoisotopic (exact) mass is 628 g/mol. The van der Waals surface area contributed by atoms with E-state index in [4.69, 9.17) is 19.4 Å². The maximum absolute atomic E-state index is 6.60. The molecular weight excluding hydrogens is 601 g/mol. The summed E-state index contributed by atoms with van der Waals surface area (Å²) in [5, 5.41) is 6.74. The number of rotatable bonds is 4. The summed E-state index contributed by atoms with van der Waals surface area (Å²) in [5.41, 5.74) is 8.92. The molecule has 49 heavy (non-hydrogen) atoms. The maximum Gasteiger partial charge on any atom is 0.238 e. The summed E-state index contributed by atoms with van der Waals surface area (Å²) >= 11 is 0. The Hall–Kier alpha value is -6.59. The standard InChI is InChI=1S/C44H28N4O/c1-27-22-23-28-24-25-34-32-17-10-18-33(36-20-11-19-35-31-16-8-9-21-38(31)49-41(35)36)39(32)48(40(34)37(28)26-27)44-46-42(29-12-4-2-5-13-29)45-43(47-44)30-14-6-3-7-15-30/h2-26H,1H3. The lowest BCUT2D eigenvalue weighted by atomic mass is 9.99. The number of benzene rings is 7. The molecule has 0 fully saturated rings. The van der Waals surface area contributed by atoms with E-state index in [1.54, 1.807) is 0 Å². The molecule has 0 amide bonds. The number of hydrogen-bond donors (Lipinski definition) is 0. The van der Waals surface area contributed by atoms with E-state index in [2.05, 4.69) is 90.4 Å². The Morgan fingerprint density at radius 3 is 1.84 bits per heavy atom. The van der Waals surface area contributed by atoms with Crippen LogP contribution in [0.3, 0.4) is 0 Å². The minimum atomic E-state index is 0.561. The first kappa shape index (κ1) is 27.5. The van der Waals surface area contributed by atoms with Crippen molar-refractivity contribution in [2.24, 2.45) is 0 Å². The molecule has 0 atom stereocenters. The number of aromatic nitrogens is 4. The Kier molecular flexibility index (Phi) is 6.02. The molecule has 0 aliphatic heterocycles. The SMILES string of the molecule is Cc1ccc2ccc3c4cccc(-c5cccc6c5oc5ccccc56)c4n(-c4nc(-c5ccccc5)nc(-c5ccccc5)n4)c3c2c1. The van der Waals surface area contributed by atoms with E-state index in [0.29, 0.717) is 17.6 Å². The molecule has 3 heterocycles. The largest absolute Gasteiger partial charge is 0.455 e. The van der Waals surface area contributed by atoms with Crippen LogP contribution in [0.1, 0.15) is 5.56 Å². The van der Waals surface area contributed by atoms with Crippen LogP contribution in [-0.4, -0.2) is 19.5 Å². The van der Waals surface area contributed by atoms with Gasteiger partial charge in [-0.25, -0.2) is 4.98 Å². The average Bonchev–Trinajstić information content (AvgIpc) is 3.72. The molecule has 0 aliphatic rings. The second kappa shape index (κ2) is 10.7. The van der Waals surface area contributed by atoms with E-state index < -0.39 is 0 Å². The van der Waals surface area contributed by atoms with Crippen LogP contribution in [0.5, 0.6) is 0 Å². The van der Waals surface area contributed by atoms with Crippen LogP contribution in [-0.2, 0) is 0 Å². The van der Waals surface area contributed by atoms with Crippen molar-refractivity contribution in [2.45, 2.75) is 6.92 Å². The smallest absolute Gasteiger partial charge is 0.238 e. The van der Waals surface area contributed by atoms with Crippen LogP contribution in [0.15, 0.2) is 156 Å². The normalized spacial score (nSPS) is 11.8. The predicted molar refractivity (Wildman–Crippen MR) is 200 cm³/mol. The summed E-state index contributed by atoms with van der Waals surface area (Å²) in [6.07, 6.45) is 0. The summed E-state index contributed by atoms with van der Waals surface area (Å²) in [7, 11) is 0. The molecule has 0 saturated heterocycles. The van der Waals surface area contributed by atoms with Gasteiger partial charge in [0.25, 0.3) is 0 Å². The number of furan rings is 1. The third-order valence-corrected chi connectivity index (χ3v) is 9.50. The topological polar surface area (TPSA) is 56.7 Å². The summed E-state index contributed by atoms with van der Waals surface area (Å²) < 4.78 is 8.85. The third kappa shape index (κ3) is 4.29. The van der Waals surface area contributed by atoms with Crippen molar-refractivity contribution in [3.05, 3.63) is 157 Å². The molecule has 5 heteroatoms. The molecule has 0 bridgehead atoms. The molecule has 7 aromatic carbocycles. The van der Waals surface area contributed by atoms with Crippen molar-refractivity contribution in [3.63, 3.8) is 0 Å². The van der Waals surface area contributed by atoms with Crippen LogP contribution in [0.25, 0.3) is 94.4 Å². The number of aryl methyl sites for hydroxylation is 1. The van der Waals surface area contributed by atoms with Crippen LogP contribution >= 0.6 is 0 Å². The Labute approximate surface area is 281 Å². The highest BCUT2D eigenvalue weighted by atomic mass is 16.3. The molecule has 0 spiro atoms. The highest BCUT2D eigenvalue weighted by Crippen LogP contribution is 2.43. The Morgan fingerprint density at radius 2 is 1.08 bits per heavy atom. The number of nitrogens with zero attached hydrogens (tertiary/aromatic N) is 4. The summed E-state index contributed by atoms with van der Waals surface area (Å²) in [6, 6.07) is 52.5. The Balaban J connectivity index is 1.39. The van der Waals surface area contributed by atoms with Gasteiger partial charge < -0.3 is 4.42 Å². The Bertz CT molecular complexity index is 2830. The minimum absolute atomic E-state index is 0.561. The second-order valence-corrected chi connectivity index (χ2v) is 12.5. The Morgan fingerprint density at radius 1 is 0.469 bits per heavy atom.